The van der Waals surface area contributed by atoms with Crippen LogP contribution in [0.15, 0.2) is 35.4 Å². The van der Waals surface area contributed by atoms with Crippen LogP contribution in [0.25, 0.3) is 0 Å². The molecule has 0 bridgehead atoms. The number of nitrogen functional groups attached to an aromatic ring is 1. The molecular weight excluding hydrogens is 272 g/mol. The predicted octanol–water partition coefficient (Wildman–Crippen LogP) is 1.94. The van der Waals surface area contributed by atoms with E-state index >= 15 is 0 Å². The molecule has 1 aliphatic heterocycles. The number of carbonyl (C=O) groups is 1. The number of carbonyl (C=O) groups excluding carboxylic acids is 1. The number of hydrogen-bond donors (Lipinski definition) is 1. The number of fused-ring (bicyclic) bond motifs is 1. The van der Waals surface area contributed by atoms with Crippen LogP contribution in [-0.4, -0.2) is 27.0 Å². The minimum absolute atomic E-state index is 0.0199. The van der Waals surface area contributed by atoms with Crippen LogP contribution in [0.2, 0.25) is 0 Å². The maximum Gasteiger partial charge on any atom is 0.255 e. The van der Waals surface area contributed by atoms with E-state index in [2.05, 4.69) is 9.97 Å². The van der Waals surface area contributed by atoms with Gasteiger partial charge in [-0.3, -0.25) is 4.79 Å². The lowest BCUT2D eigenvalue weighted by atomic mass is 10.2. The van der Waals surface area contributed by atoms with Crippen LogP contribution < -0.4 is 5.73 Å². The maximum atomic E-state index is 12.6. The largest absolute Gasteiger partial charge is 0.368 e. The van der Waals surface area contributed by atoms with E-state index in [-0.39, 0.29) is 11.9 Å². The van der Waals surface area contributed by atoms with E-state index in [4.69, 9.17) is 5.73 Å². The second-order valence-electron chi connectivity index (χ2n) is 4.56. The quantitative estimate of drug-likeness (QED) is 0.854. The molecule has 1 amide bonds. The van der Waals surface area contributed by atoms with E-state index in [1.165, 1.54) is 0 Å². The molecule has 0 saturated carbocycles. The lowest BCUT2D eigenvalue weighted by Gasteiger charge is -2.16. The average molecular weight is 286 g/mol. The van der Waals surface area contributed by atoms with E-state index < -0.39 is 0 Å². The summed E-state index contributed by atoms with van der Waals surface area (Å²) in [6, 6.07) is 7.64. The SMILES string of the molecule is CSc1ccccc1C(=O)N1Cc2cnc(N)nc2C1. The molecule has 5 nitrogen and oxygen atoms in total. The summed E-state index contributed by atoms with van der Waals surface area (Å²) in [5, 5.41) is 0. The number of anilines is 1. The van der Waals surface area contributed by atoms with Crippen molar-refractivity contribution in [2.45, 2.75) is 18.0 Å². The van der Waals surface area contributed by atoms with E-state index in [1.807, 2.05) is 30.5 Å². The van der Waals surface area contributed by atoms with Gasteiger partial charge in [0.2, 0.25) is 5.95 Å². The lowest BCUT2D eigenvalue weighted by Crippen LogP contribution is -2.25. The van der Waals surface area contributed by atoms with Crippen molar-refractivity contribution in [3.8, 4) is 0 Å². The third kappa shape index (κ3) is 2.22. The first kappa shape index (κ1) is 12.9. The van der Waals surface area contributed by atoms with Gasteiger partial charge in [0.15, 0.2) is 0 Å². The van der Waals surface area contributed by atoms with Gasteiger partial charge in [0.1, 0.15) is 0 Å². The second kappa shape index (κ2) is 5.13. The Hall–Kier alpha value is -2.08. The predicted molar refractivity (Wildman–Crippen MR) is 78.2 cm³/mol. The second-order valence-corrected chi connectivity index (χ2v) is 5.41. The molecule has 2 heterocycles. The summed E-state index contributed by atoms with van der Waals surface area (Å²) in [4.78, 5) is 23.5. The molecule has 1 aromatic carbocycles. The van der Waals surface area contributed by atoms with Gasteiger partial charge < -0.3 is 10.6 Å². The number of nitrogens with two attached hydrogens (primary N) is 1. The van der Waals surface area contributed by atoms with Crippen LogP contribution in [0, 0.1) is 0 Å². The van der Waals surface area contributed by atoms with Crippen LogP contribution in [-0.2, 0) is 13.1 Å². The Balaban J connectivity index is 1.87. The minimum Gasteiger partial charge on any atom is -0.368 e. The van der Waals surface area contributed by atoms with E-state index in [1.54, 1.807) is 22.9 Å². The highest BCUT2D eigenvalue weighted by Crippen LogP contribution is 2.26. The van der Waals surface area contributed by atoms with E-state index in [9.17, 15) is 4.79 Å². The highest BCUT2D eigenvalue weighted by Gasteiger charge is 2.26. The molecule has 1 aromatic heterocycles. The molecule has 0 atom stereocenters. The van der Waals surface area contributed by atoms with Crippen LogP contribution in [0.3, 0.4) is 0 Å². The fourth-order valence-electron chi connectivity index (χ4n) is 2.30. The summed E-state index contributed by atoms with van der Waals surface area (Å²) in [6.07, 6.45) is 3.67. The van der Waals surface area contributed by atoms with Gasteiger partial charge >= 0.3 is 0 Å². The fourth-order valence-corrected chi connectivity index (χ4v) is 2.89. The van der Waals surface area contributed by atoms with Gasteiger partial charge in [-0.1, -0.05) is 12.1 Å². The molecular formula is C14H14N4OS. The van der Waals surface area contributed by atoms with Crippen molar-refractivity contribution in [3.05, 3.63) is 47.3 Å². The summed E-state index contributed by atoms with van der Waals surface area (Å²) in [5.41, 5.74) is 8.12. The normalized spacial score (nSPS) is 13.3. The van der Waals surface area contributed by atoms with E-state index in [0.29, 0.717) is 13.1 Å². The third-order valence-corrected chi connectivity index (χ3v) is 4.10. The fraction of sp³-hybridized carbons (Fsp3) is 0.214. The zero-order chi connectivity index (χ0) is 14.1. The Bertz CT molecular complexity index is 674. The first-order valence-corrected chi connectivity index (χ1v) is 7.44. The summed E-state index contributed by atoms with van der Waals surface area (Å²) < 4.78 is 0. The summed E-state index contributed by atoms with van der Waals surface area (Å²) in [7, 11) is 0. The molecule has 20 heavy (non-hydrogen) atoms. The molecule has 6 heteroatoms. The summed E-state index contributed by atoms with van der Waals surface area (Å²) in [6.45, 7) is 1.03. The van der Waals surface area contributed by atoms with Crippen molar-refractivity contribution in [3.63, 3.8) is 0 Å². The van der Waals surface area contributed by atoms with Crippen LogP contribution in [0.5, 0.6) is 0 Å². The monoisotopic (exact) mass is 286 g/mol. The topological polar surface area (TPSA) is 72.1 Å². The first-order valence-electron chi connectivity index (χ1n) is 6.21. The van der Waals surface area contributed by atoms with Gasteiger partial charge in [0.25, 0.3) is 5.91 Å². The number of amides is 1. The third-order valence-electron chi connectivity index (χ3n) is 3.30. The number of benzene rings is 1. The highest BCUT2D eigenvalue weighted by molar-refractivity contribution is 7.98. The van der Waals surface area contributed by atoms with Gasteiger partial charge in [0, 0.05) is 23.2 Å². The van der Waals surface area contributed by atoms with Crippen molar-refractivity contribution in [1.29, 1.82) is 0 Å². The molecule has 3 rings (SSSR count). The van der Waals surface area contributed by atoms with Crippen molar-refractivity contribution in [2.24, 2.45) is 0 Å². The van der Waals surface area contributed by atoms with Gasteiger partial charge in [-0.25, -0.2) is 9.97 Å². The van der Waals surface area contributed by atoms with Crippen molar-refractivity contribution < 1.29 is 4.79 Å². The number of thioether (sulfide) groups is 1. The number of nitrogens with zero attached hydrogens (tertiary/aromatic N) is 3. The summed E-state index contributed by atoms with van der Waals surface area (Å²) >= 11 is 1.57. The molecule has 0 spiro atoms. The molecule has 2 aromatic rings. The Kier molecular flexibility index (Phi) is 3.31. The number of aromatic nitrogens is 2. The molecule has 0 radical (unpaired) electrons. The van der Waals surface area contributed by atoms with Gasteiger partial charge in [-0.15, -0.1) is 11.8 Å². The summed E-state index contributed by atoms with van der Waals surface area (Å²) in [5.74, 6) is 0.272. The highest BCUT2D eigenvalue weighted by atomic mass is 32.2. The molecule has 0 aliphatic carbocycles. The number of rotatable bonds is 2. The van der Waals surface area contributed by atoms with Gasteiger partial charge in [0.05, 0.1) is 17.8 Å². The molecule has 2 N–H and O–H groups in total. The molecule has 0 fully saturated rings. The molecule has 102 valence electrons. The Morgan fingerprint density at radius 3 is 2.95 bits per heavy atom. The zero-order valence-electron chi connectivity index (χ0n) is 11.0. The molecule has 0 saturated heterocycles. The first-order chi connectivity index (χ1) is 9.69. The van der Waals surface area contributed by atoms with Crippen LogP contribution >= 0.6 is 11.8 Å². The smallest absolute Gasteiger partial charge is 0.255 e. The lowest BCUT2D eigenvalue weighted by molar-refractivity contribution is 0.0747. The Morgan fingerprint density at radius 1 is 1.35 bits per heavy atom. The van der Waals surface area contributed by atoms with Crippen molar-refractivity contribution >= 4 is 23.6 Å². The Morgan fingerprint density at radius 2 is 2.15 bits per heavy atom. The van der Waals surface area contributed by atoms with Gasteiger partial charge in [-0.2, -0.15) is 0 Å². The van der Waals surface area contributed by atoms with Crippen LogP contribution in [0.4, 0.5) is 5.95 Å². The zero-order valence-corrected chi connectivity index (χ0v) is 11.9. The van der Waals surface area contributed by atoms with E-state index in [0.717, 1.165) is 21.7 Å². The number of hydrogen-bond acceptors (Lipinski definition) is 5. The average Bonchev–Trinajstić information content (AvgIpc) is 2.89. The maximum absolute atomic E-state index is 12.6. The molecule has 0 unspecified atom stereocenters. The van der Waals surface area contributed by atoms with Crippen molar-refractivity contribution in [2.75, 3.05) is 12.0 Å². The van der Waals surface area contributed by atoms with Crippen LogP contribution in [0.1, 0.15) is 21.6 Å². The standard InChI is InChI=1S/C14H14N4OS/c1-20-12-5-3-2-4-10(12)13(19)18-7-9-6-16-14(15)17-11(9)8-18/h2-6H,7-8H2,1H3,(H2,15,16,17). The minimum atomic E-state index is 0.0199. The Labute approximate surface area is 121 Å². The van der Waals surface area contributed by atoms with Gasteiger partial charge in [-0.05, 0) is 18.4 Å². The van der Waals surface area contributed by atoms with Crippen molar-refractivity contribution in [1.82, 2.24) is 14.9 Å². The molecule has 1 aliphatic rings.